The van der Waals surface area contributed by atoms with Crippen LogP contribution in [0.4, 0.5) is 0 Å². The first-order valence-corrected chi connectivity index (χ1v) is 7.32. The van der Waals surface area contributed by atoms with Crippen molar-refractivity contribution in [1.29, 1.82) is 0 Å². The molecule has 0 saturated carbocycles. The van der Waals surface area contributed by atoms with E-state index in [0.717, 1.165) is 28.1 Å². The number of imidazole rings is 1. The first-order chi connectivity index (χ1) is 10.2. The van der Waals surface area contributed by atoms with Gasteiger partial charge in [-0.15, -0.1) is 0 Å². The molecule has 0 fully saturated rings. The van der Waals surface area contributed by atoms with Crippen LogP contribution < -0.4 is 0 Å². The summed E-state index contributed by atoms with van der Waals surface area (Å²) in [5.41, 5.74) is 2.31. The number of hydrogen-bond acceptors (Lipinski definition) is 1. The number of rotatable bonds is 4. The van der Waals surface area contributed by atoms with E-state index in [-0.39, 0.29) is 0 Å². The summed E-state index contributed by atoms with van der Waals surface area (Å²) in [5.74, 6) is 0. The van der Waals surface area contributed by atoms with Crippen LogP contribution in [0.2, 0.25) is 10.0 Å². The molecule has 0 aliphatic carbocycles. The van der Waals surface area contributed by atoms with E-state index in [9.17, 15) is 0 Å². The topological polar surface area (TPSA) is 17.8 Å². The Morgan fingerprint density at radius 2 is 1.52 bits per heavy atom. The molecule has 1 heterocycles. The monoisotopic (exact) mass is 315 g/mol. The standard InChI is InChI=1S/C17H13Cl2N2/c18-15-5-1-13(2-6-15)11-17(21-10-9-20-12-21)14-3-7-16(19)8-4-14/h1-10,12H,11H2. The van der Waals surface area contributed by atoms with Gasteiger partial charge in [-0.05, 0) is 35.4 Å². The molecule has 0 atom stereocenters. The van der Waals surface area contributed by atoms with Crippen LogP contribution in [-0.4, -0.2) is 9.55 Å². The molecule has 3 aromatic rings. The lowest BCUT2D eigenvalue weighted by atomic mass is 9.99. The third kappa shape index (κ3) is 3.46. The largest absolute Gasteiger partial charge is 0.324 e. The maximum Gasteiger partial charge on any atom is 0.103 e. The molecule has 0 amide bonds. The highest BCUT2D eigenvalue weighted by molar-refractivity contribution is 6.30. The van der Waals surface area contributed by atoms with Crippen molar-refractivity contribution in [2.24, 2.45) is 0 Å². The molecule has 0 unspecified atom stereocenters. The zero-order valence-corrected chi connectivity index (χ0v) is 12.7. The van der Waals surface area contributed by atoms with Crippen molar-refractivity contribution in [2.45, 2.75) is 6.42 Å². The minimum atomic E-state index is 0.732. The van der Waals surface area contributed by atoms with Crippen LogP contribution in [0.1, 0.15) is 11.1 Å². The van der Waals surface area contributed by atoms with Crippen molar-refractivity contribution in [3.05, 3.63) is 94.5 Å². The Balaban J connectivity index is 1.93. The predicted octanol–water partition coefficient (Wildman–Crippen LogP) is 4.86. The summed E-state index contributed by atoms with van der Waals surface area (Å²) in [7, 11) is 0. The highest BCUT2D eigenvalue weighted by Gasteiger charge is 2.15. The van der Waals surface area contributed by atoms with Gasteiger partial charge in [0.05, 0.1) is 6.33 Å². The SMILES string of the molecule is Clc1ccc(C[C](c2ccc(Cl)cc2)n2ccnc2)cc1. The van der Waals surface area contributed by atoms with Gasteiger partial charge in [0.1, 0.15) is 6.04 Å². The van der Waals surface area contributed by atoms with Crippen molar-refractivity contribution in [3.63, 3.8) is 0 Å². The Morgan fingerprint density at radius 1 is 0.905 bits per heavy atom. The third-order valence-electron chi connectivity index (χ3n) is 3.28. The van der Waals surface area contributed by atoms with Crippen LogP contribution in [-0.2, 0) is 6.42 Å². The Hall–Kier alpha value is -1.77. The molecule has 105 valence electrons. The molecular weight excluding hydrogens is 303 g/mol. The molecule has 0 aliphatic rings. The maximum atomic E-state index is 5.98. The van der Waals surface area contributed by atoms with E-state index in [1.807, 2.05) is 59.3 Å². The summed E-state index contributed by atoms with van der Waals surface area (Å²) in [6.07, 6.45) is 6.31. The summed E-state index contributed by atoms with van der Waals surface area (Å²) in [6.45, 7) is 0. The smallest absolute Gasteiger partial charge is 0.103 e. The summed E-state index contributed by atoms with van der Waals surface area (Å²) in [5, 5.41) is 1.48. The molecule has 1 radical (unpaired) electrons. The highest BCUT2D eigenvalue weighted by atomic mass is 35.5. The zero-order chi connectivity index (χ0) is 14.7. The predicted molar refractivity (Wildman–Crippen MR) is 86.6 cm³/mol. The molecular formula is C17H13Cl2N2. The highest BCUT2D eigenvalue weighted by Crippen LogP contribution is 2.24. The van der Waals surface area contributed by atoms with Crippen LogP contribution in [0, 0.1) is 6.04 Å². The molecule has 3 rings (SSSR count). The van der Waals surface area contributed by atoms with E-state index < -0.39 is 0 Å². The van der Waals surface area contributed by atoms with Crippen LogP contribution >= 0.6 is 23.2 Å². The molecule has 2 aromatic carbocycles. The van der Waals surface area contributed by atoms with Crippen molar-refractivity contribution < 1.29 is 0 Å². The lowest BCUT2D eigenvalue weighted by molar-refractivity contribution is 0.781. The number of hydrogen-bond donors (Lipinski definition) is 0. The van der Waals surface area contributed by atoms with E-state index >= 15 is 0 Å². The fraction of sp³-hybridized carbons (Fsp3) is 0.0588. The molecule has 0 spiro atoms. The van der Waals surface area contributed by atoms with Crippen molar-refractivity contribution in [2.75, 3.05) is 0 Å². The Bertz CT molecular complexity index is 689. The molecule has 21 heavy (non-hydrogen) atoms. The Kier molecular flexibility index (Phi) is 4.28. The zero-order valence-electron chi connectivity index (χ0n) is 11.2. The number of halogens is 2. The second-order valence-corrected chi connectivity index (χ2v) is 5.60. The van der Waals surface area contributed by atoms with Gasteiger partial charge in [0.15, 0.2) is 0 Å². The second kappa shape index (κ2) is 6.33. The van der Waals surface area contributed by atoms with Gasteiger partial charge >= 0.3 is 0 Å². The fourth-order valence-corrected chi connectivity index (χ4v) is 2.45. The molecule has 4 heteroatoms. The maximum absolute atomic E-state index is 5.98. The van der Waals surface area contributed by atoms with Crippen LogP contribution in [0.5, 0.6) is 0 Å². The third-order valence-corrected chi connectivity index (χ3v) is 3.78. The van der Waals surface area contributed by atoms with Crippen LogP contribution in [0.15, 0.2) is 67.3 Å². The van der Waals surface area contributed by atoms with Crippen LogP contribution in [0.25, 0.3) is 0 Å². The average Bonchev–Trinajstić information content (AvgIpc) is 3.02. The van der Waals surface area contributed by atoms with E-state index in [0.29, 0.717) is 0 Å². The number of benzene rings is 2. The first kappa shape index (κ1) is 14.2. The number of nitrogens with zero attached hydrogens (tertiary/aromatic N) is 2. The van der Waals surface area contributed by atoms with Gasteiger partial charge in [0.2, 0.25) is 0 Å². The minimum Gasteiger partial charge on any atom is -0.324 e. The van der Waals surface area contributed by atoms with Crippen molar-refractivity contribution in [1.82, 2.24) is 9.55 Å². The van der Waals surface area contributed by atoms with Crippen molar-refractivity contribution in [3.8, 4) is 0 Å². The second-order valence-electron chi connectivity index (χ2n) is 4.73. The lowest BCUT2D eigenvalue weighted by Gasteiger charge is -2.18. The fourth-order valence-electron chi connectivity index (χ4n) is 2.20. The van der Waals surface area contributed by atoms with Gasteiger partial charge in [-0.3, -0.25) is 0 Å². The summed E-state index contributed by atoms with van der Waals surface area (Å²) in [4.78, 5) is 4.14. The molecule has 0 aliphatic heterocycles. The van der Waals surface area contributed by atoms with Gasteiger partial charge in [-0.1, -0.05) is 47.5 Å². The minimum absolute atomic E-state index is 0.732. The molecule has 0 bridgehead atoms. The van der Waals surface area contributed by atoms with E-state index in [1.165, 1.54) is 5.56 Å². The normalized spacial score (nSPS) is 11.0. The molecule has 0 N–H and O–H groups in total. The first-order valence-electron chi connectivity index (χ1n) is 6.57. The molecule has 0 saturated heterocycles. The van der Waals surface area contributed by atoms with Gasteiger partial charge in [0.25, 0.3) is 0 Å². The summed E-state index contributed by atoms with van der Waals surface area (Å²) >= 11 is 11.9. The van der Waals surface area contributed by atoms with Gasteiger partial charge < -0.3 is 4.57 Å². The summed E-state index contributed by atoms with van der Waals surface area (Å²) in [6, 6.07) is 16.9. The van der Waals surface area contributed by atoms with E-state index in [4.69, 9.17) is 23.2 Å². The Labute approximate surface area is 134 Å². The summed E-state index contributed by atoms with van der Waals surface area (Å²) < 4.78 is 2.03. The average molecular weight is 316 g/mol. The van der Waals surface area contributed by atoms with Gasteiger partial charge in [-0.2, -0.15) is 0 Å². The van der Waals surface area contributed by atoms with Crippen LogP contribution in [0.3, 0.4) is 0 Å². The molecule has 1 aromatic heterocycles. The lowest BCUT2D eigenvalue weighted by Crippen LogP contribution is -2.13. The Morgan fingerprint density at radius 3 is 2.10 bits per heavy atom. The van der Waals surface area contributed by atoms with Gasteiger partial charge in [0, 0.05) is 28.9 Å². The number of aromatic nitrogens is 2. The van der Waals surface area contributed by atoms with E-state index in [2.05, 4.69) is 4.98 Å². The molecule has 2 nitrogen and oxygen atoms in total. The van der Waals surface area contributed by atoms with Gasteiger partial charge in [-0.25, -0.2) is 4.98 Å². The van der Waals surface area contributed by atoms with Crippen molar-refractivity contribution >= 4 is 23.2 Å². The van der Waals surface area contributed by atoms with E-state index in [1.54, 1.807) is 12.5 Å². The quantitative estimate of drug-likeness (QED) is 0.672.